The number of fused-ring (bicyclic) bond motifs is 1. The van der Waals surface area contributed by atoms with Crippen LogP contribution in [0.3, 0.4) is 0 Å². The molecule has 0 aliphatic heterocycles. The van der Waals surface area contributed by atoms with E-state index in [4.69, 9.17) is 10.2 Å². The predicted molar refractivity (Wildman–Crippen MR) is 196 cm³/mol. The summed E-state index contributed by atoms with van der Waals surface area (Å²) >= 11 is 1.64. The summed E-state index contributed by atoms with van der Waals surface area (Å²) in [5.74, 6) is -2.05. The van der Waals surface area contributed by atoms with Gasteiger partial charge in [0.05, 0.1) is 0 Å². The molecule has 0 spiro atoms. The van der Waals surface area contributed by atoms with Crippen molar-refractivity contribution in [2.24, 2.45) is 0 Å². The van der Waals surface area contributed by atoms with E-state index in [2.05, 4.69) is 45.0 Å². The average Bonchev–Trinajstić information content (AvgIpc) is 3.64. The molecule has 0 saturated carbocycles. The molecule has 0 aromatic heterocycles. The number of unbranched alkanes of at least 4 members (excludes halogenated alkanes) is 15. The van der Waals surface area contributed by atoms with E-state index in [1.54, 1.807) is 17.8 Å². The Kier molecular flexibility index (Phi) is 23.1. The van der Waals surface area contributed by atoms with Crippen molar-refractivity contribution in [3.8, 4) is 11.1 Å². The fourth-order valence-corrected chi connectivity index (χ4v) is 5.98. The summed E-state index contributed by atoms with van der Waals surface area (Å²) in [5, 5.41) is 17.0. The molecule has 0 heterocycles. The van der Waals surface area contributed by atoms with Gasteiger partial charge in [0.15, 0.2) is 5.78 Å². The number of benzene rings is 2. The van der Waals surface area contributed by atoms with Gasteiger partial charge >= 0.3 is 11.9 Å². The van der Waals surface area contributed by atoms with E-state index in [1.165, 1.54) is 124 Å². The van der Waals surface area contributed by atoms with Crippen LogP contribution in [0.4, 0.5) is 0 Å². The Balaban J connectivity index is 0.000000414. The first kappa shape index (κ1) is 40.9. The van der Waals surface area contributed by atoms with Gasteiger partial charge in [-0.3, -0.25) is 4.79 Å². The summed E-state index contributed by atoms with van der Waals surface area (Å²) in [6, 6.07) is 12.4. The molecule has 0 amide bonds. The topological polar surface area (TPSA) is 91.7 Å². The molecule has 5 nitrogen and oxygen atoms in total. The third kappa shape index (κ3) is 20.8. The maximum absolute atomic E-state index is 11.3. The van der Waals surface area contributed by atoms with E-state index in [1.807, 2.05) is 18.4 Å². The van der Waals surface area contributed by atoms with Crippen LogP contribution in [-0.4, -0.2) is 34.2 Å². The molecule has 1 aromatic rings. The first-order valence-electron chi connectivity index (χ1n) is 17.3. The second-order valence-electron chi connectivity index (χ2n) is 12.1. The monoisotopic (exact) mass is 650 g/mol. The summed E-state index contributed by atoms with van der Waals surface area (Å²) in [4.78, 5) is 33.2. The third-order valence-electron chi connectivity index (χ3n) is 8.12. The molecule has 3 rings (SSSR count). The van der Waals surface area contributed by atoms with Crippen LogP contribution in [-0.2, 0) is 14.4 Å². The van der Waals surface area contributed by atoms with Crippen molar-refractivity contribution >= 4 is 35.6 Å². The van der Waals surface area contributed by atoms with Gasteiger partial charge in [0.1, 0.15) is 0 Å². The lowest BCUT2D eigenvalue weighted by Gasteiger charge is -2.09. The van der Waals surface area contributed by atoms with E-state index >= 15 is 0 Å². The third-order valence-corrected chi connectivity index (χ3v) is 9.07. The van der Waals surface area contributed by atoms with Crippen molar-refractivity contribution < 1.29 is 24.6 Å². The fourth-order valence-electron chi connectivity index (χ4n) is 5.14. The van der Waals surface area contributed by atoms with E-state index in [0.717, 1.165) is 29.4 Å². The van der Waals surface area contributed by atoms with Crippen molar-refractivity contribution in [1.29, 1.82) is 0 Å². The van der Waals surface area contributed by atoms with Crippen LogP contribution < -0.4 is 0 Å². The Labute approximate surface area is 283 Å². The first-order chi connectivity index (χ1) is 22.2. The molecule has 6 heteroatoms. The molecule has 0 unspecified atom stereocenters. The average molecular weight is 651 g/mol. The Morgan fingerprint density at radius 1 is 0.652 bits per heavy atom. The fraction of sp³-hybridized carbons (Fsp3) is 0.525. The molecule has 2 N–H and O–H groups in total. The number of carbonyl (C=O) groups excluding carboxylic acids is 1. The van der Waals surface area contributed by atoms with Gasteiger partial charge in [0.25, 0.3) is 0 Å². The molecule has 254 valence electrons. The van der Waals surface area contributed by atoms with E-state index in [-0.39, 0.29) is 5.78 Å². The zero-order valence-corrected chi connectivity index (χ0v) is 29.6. The van der Waals surface area contributed by atoms with Crippen LogP contribution >= 0.6 is 11.8 Å². The van der Waals surface area contributed by atoms with Crippen molar-refractivity contribution in [3.05, 3.63) is 71.3 Å². The SMILES string of the molecule is CCCCCCCCCCCCCCCCCCC(=O)C=CC(=O)O.CSc1c(C=CC(=O)O)ccc(C)c1C.c1cc2cc-2c1. The highest BCUT2D eigenvalue weighted by Gasteiger charge is 2.07. The van der Waals surface area contributed by atoms with Crippen LogP contribution in [0.2, 0.25) is 0 Å². The number of carbonyl (C=O) groups is 3. The zero-order valence-electron chi connectivity index (χ0n) is 28.8. The highest BCUT2D eigenvalue weighted by Crippen LogP contribution is 2.32. The molecule has 0 saturated heterocycles. The number of rotatable bonds is 22. The normalized spacial score (nSPS) is 11.1. The molecular weight excluding hydrogens is 593 g/mol. The van der Waals surface area contributed by atoms with Crippen molar-refractivity contribution in [1.82, 2.24) is 0 Å². The number of aliphatic carboxylic acids is 2. The van der Waals surface area contributed by atoms with Gasteiger partial charge in [-0.2, -0.15) is 0 Å². The minimum Gasteiger partial charge on any atom is -0.478 e. The van der Waals surface area contributed by atoms with Gasteiger partial charge in [-0.05, 0) is 72.6 Å². The van der Waals surface area contributed by atoms with Crippen LogP contribution in [0.25, 0.3) is 17.2 Å². The van der Waals surface area contributed by atoms with Crippen molar-refractivity contribution in [2.75, 3.05) is 6.26 Å². The molecule has 0 fully saturated rings. The van der Waals surface area contributed by atoms with Gasteiger partial charge in [-0.1, -0.05) is 134 Å². The Morgan fingerprint density at radius 2 is 1.13 bits per heavy atom. The van der Waals surface area contributed by atoms with Crippen LogP contribution in [0, 0.1) is 13.8 Å². The maximum Gasteiger partial charge on any atom is 0.328 e. The number of carboxylic acids is 2. The van der Waals surface area contributed by atoms with E-state index in [0.29, 0.717) is 6.42 Å². The lowest BCUT2D eigenvalue weighted by molar-refractivity contribution is -0.132. The number of carboxylic acid groups (broad SMARTS) is 2. The Hall–Kier alpha value is -3.12. The standard InChI is InChI=1S/C22H40O3.C12H14O2S.C6H4/c1-2-3-4-5-6-7-8-9-10-11-12-13-14-15-16-17-18-21(23)19-20-22(24)25;1-8-4-5-10(6-7-11(13)14)12(15-3)9(8)2;1-2-5-4-6(5)3-1/h19-20H,2-18H2,1H3,(H,24,25);4-7H,1-3H3,(H,13,14);1-4H. The highest BCUT2D eigenvalue weighted by molar-refractivity contribution is 7.98. The molecule has 0 atom stereocenters. The highest BCUT2D eigenvalue weighted by atomic mass is 32.2. The van der Waals surface area contributed by atoms with E-state index < -0.39 is 11.9 Å². The smallest absolute Gasteiger partial charge is 0.328 e. The number of hydrogen-bond donors (Lipinski definition) is 2. The van der Waals surface area contributed by atoms with Gasteiger partial charge in [-0.25, -0.2) is 9.59 Å². The number of allylic oxidation sites excluding steroid dienone is 1. The van der Waals surface area contributed by atoms with Crippen molar-refractivity contribution in [3.63, 3.8) is 0 Å². The summed E-state index contributed by atoms with van der Waals surface area (Å²) in [5.41, 5.74) is 6.26. The first-order valence-corrected chi connectivity index (χ1v) is 18.5. The second-order valence-corrected chi connectivity index (χ2v) is 12.9. The molecular formula is C40H58O5S. The minimum atomic E-state index is -1.06. The van der Waals surface area contributed by atoms with Gasteiger partial charge in [0, 0.05) is 23.5 Å². The summed E-state index contributed by atoms with van der Waals surface area (Å²) in [7, 11) is 0. The molecule has 0 radical (unpaired) electrons. The number of thioether (sulfide) groups is 1. The molecule has 2 aliphatic rings. The quantitative estimate of drug-likeness (QED) is 0.0638. The molecule has 2 aliphatic carbocycles. The lowest BCUT2D eigenvalue weighted by Crippen LogP contribution is -1.95. The molecule has 0 bridgehead atoms. The van der Waals surface area contributed by atoms with Crippen molar-refractivity contribution in [2.45, 2.75) is 135 Å². The maximum atomic E-state index is 11.3. The molecule has 46 heavy (non-hydrogen) atoms. The zero-order chi connectivity index (χ0) is 34.0. The molecule has 1 aromatic carbocycles. The van der Waals surface area contributed by atoms with Gasteiger partial charge < -0.3 is 10.2 Å². The van der Waals surface area contributed by atoms with Gasteiger partial charge in [0.2, 0.25) is 0 Å². The van der Waals surface area contributed by atoms with Crippen LogP contribution in [0.15, 0.2) is 59.5 Å². The number of ketones is 1. The Bertz CT molecular complexity index is 1210. The van der Waals surface area contributed by atoms with Crippen LogP contribution in [0.5, 0.6) is 0 Å². The summed E-state index contributed by atoms with van der Waals surface area (Å²) < 4.78 is 0. The van der Waals surface area contributed by atoms with Crippen LogP contribution in [0.1, 0.15) is 133 Å². The largest absolute Gasteiger partial charge is 0.478 e. The predicted octanol–water partition coefficient (Wildman–Crippen LogP) is 11.6. The Morgan fingerprint density at radius 3 is 1.52 bits per heavy atom. The van der Waals surface area contributed by atoms with E-state index in [9.17, 15) is 14.4 Å². The minimum absolute atomic E-state index is 0.0761. The second kappa shape index (κ2) is 26.0. The number of hydrogen-bond acceptors (Lipinski definition) is 4. The number of aryl methyl sites for hydroxylation is 1. The lowest BCUT2D eigenvalue weighted by atomic mass is 10.0. The summed E-state index contributed by atoms with van der Waals surface area (Å²) in [6.07, 6.45) is 28.4. The summed E-state index contributed by atoms with van der Waals surface area (Å²) in [6.45, 7) is 6.38. The van der Waals surface area contributed by atoms with Gasteiger partial charge in [-0.15, -0.1) is 11.8 Å².